The van der Waals surface area contributed by atoms with Gasteiger partial charge in [-0.3, -0.25) is 14.7 Å². The molecule has 4 aromatic heterocycles. The number of fused-ring (bicyclic) bond motifs is 2. The quantitative estimate of drug-likeness (QED) is 0.473. The molecule has 2 saturated carbocycles. The molecule has 0 amide bonds. The zero-order valence-electron chi connectivity index (χ0n) is 18.7. The van der Waals surface area contributed by atoms with Gasteiger partial charge in [0.1, 0.15) is 5.82 Å². The van der Waals surface area contributed by atoms with Crippen molar-refractivity contribution in [3.05, 3.63) is 57.1 Å². The van der Waals surface area contributed by atoms with Gasteiger partial charge < -0.3 is 4.57 Å². The summed E-state index contributed by atoms with van der Waals surface area (Å²) in [6, 6.07) is 5.61. The number of hydrogen-bond acceptors (Lipinski definition) is 5. The van der Waals surface area contributed by atoms with Gasteiger partial charge in [0.05, 0.1) is 21.8 Å². The molecule has 0 aromatic carbocycles. The van der Waals surface area contributed by atoms with Crippen LogP contribution in [0.4, 0.5) is 0 Å². The standard InChI is InChI=1S/C25H28N6O2/c32-23-18-15-19-21(26-20(18)11-13-30(23)17-9-5-2-6-10-17)12-14-31(24(19)33)25-27-22(28-29-25)16-7-3-1-4-8-16/h11-17H,1-10H2,(H,27,28,29). The van der Waals surface area contributed by atoms with E-state index in [4.69, 9.17) is 0 Å². The summed E-state index contributed by atoms with van der Waals surface area (Å²) in [6.45, 7) is 0. The van der Waals surface area contributed by atoms with Gasteiger partial charge in [0.25, 0.3) is 17.1 Å². The lowest BCUT2D eigenvalue weighted by molar-refractivity contribution is 0.347. The highest BCUT2D eigenvalue weighted by Gasteiger charge is 2.21. The molecule has 0 bridgehead atoms. The second kappa shape index (κ2) is 8.24. The second-order valence-electron chi connectivity index (χ2n) is 9.52. The molecule has 2 aliphatic rings. The van der Waals surface area contributed by atoms with Crippen LogP contribution >= 0.6 is 0 Å². The number of aromatic amines is 1. The zero-order chi connectivity index (χ0) is 22.4. The van der Waals surface area contributed by atoms with Crippen LogP contribution in [0.5, 0.6) is 0 Å². The average molecular weight is 445 g/mol. The van der Waals surface area contributed by atoms with Gasteiger partial charge >= 0.3 is 0 Å². The monoisotopic (exact) mass is 444 g/mol. The van der Waals surface area contributed by atoms with Gasteiger partial charge in [-0.2, -0.15) is 4.98 Å². The van der Waals surface area contributed by atoms with Crippen LogP contribution in [0.1, 0.15) is 82.0 Å². The summed E-state index contributed by atoms with van der Waals surface area (Å²) in [5, 5.41) is 8.27. The topological polar surface area (TPSA) is 98.5 Å². The summed E-state index contributed by atoms with van der Waals surface area (Å²) in [7, 11) is 0. The van der Waals surface area contributed by atoms with Gasteiger partial charge in [0.15, 0.2) is 0 Å². The predicted molar refractivity (Wildman–Crippen MR) is 127 cm³/mol. The van der Waals surface area contributed by atoms with Gasteiger partial charge in [-0.1, -0.05) is 38.5 Å². The minimum absolute atomic E-state index is 0.0684. The molecule has 33 heavy (non-hydrogen) atoms. The molecule has 170 valence electrons. The summed E-state index contributed by atoms with van der Waals surface area (Å²) in [4.78, 5) is 35.9. The van der Waals surface area contributed by atoms with E-state index in [9.17, 15) is 9.59 Å². The molecule has 6 rings (SSSR count). The third-order valence-electron chi connectivity index (χ3n) is 7.44. The van der Waals surface area contributed by atoms with Crippen molar-refractivity contribution in [3.63, 3.8) is 0 Å². The van der Waals surface area contributed by atoms with Crippen LogP contribution in [0.2, 0.25) is 0 Å². The van der Waals surface area contributed by atoms with Gasteiger partial charge in [0.2, 0.25) is 0 Å². The highest BCUT2D eigenvalue weighted by atomic mass is 16.1. The van der Waals surface area contributed by atoms with Crippen molar-refractivity contribution < 1.29 is 0 Å². The third-order valence-corrected chi connectivity index (χ3v) is 7.44. The molecule has 4 heterocycles. The van der Waals surface area contributed by atoms with E-state index in [1.807, 2.05) is 16.8 Å². The Labute approximate surface area is 190 Å². The van der Waals surface area contributed by atoms with E-state index in [1.165, 1.54) is 30.3 Å². The molecule has 2 aliphatic carbocycles. The molecule has 0 spiro atoms. The highest BCUT2D eigenvalue weighted by molar-refractivity contribution is 5.91. The van der Waals surface area contributed by atoms with E-state index in [-0.39, 0.29) is 17.2 Å². The molecule has 4 aromatic rings. The van der Waals surface area contributed by atoms with Gasteiger partial charge in [-0.25, -0.2) is 9.55 Å². The minimum Gasteiger partial charge on any atom is -0.312 e. The number of H-pyrrole nitrogens is 1. The predicted octanol–water partition coefficient (Wildman–Crippen LogP) is 4.37. The molecule has 0 aliphatic heterocycles. The smallest absolute Gasteiger partial charge is 0.267 e. The van der Waals surface area contributed by atoms with Crippen molar-refractivity contribution in [2.75, 3.05) is 0 Å². The first-order chi connectivity index (χ1) is 16.2. The van der Waals surface area contributed by atoms with Crippen molar-refractivity contribution in [3.8, 4) is 5.95 Å². The van der Waals surface area contributed by atoms with Crippen molar-refractivity contribution in [2.24, 2.45) is 0 Å². The molecule has 0 atom stereocenters. The molecule has 0 saturated heterocycles. The van der Waals surface area contributed by atoms with Crippen molar-refractivity contribution in [1.29, 1.82) is 0 Å². The fraction of sp³-hybridized carbons (Fsp3) is 0.480. The fourth-order valence-electron chi connectivity index (χ4n) is 5.57. The molecule has 0 unspecified atom stereocenters. The Morgan fingerprint density at radius 3 is 2.21 bits per heavy atom. The first-order valence-corrected chi connectivity index (χ1v) is 12.2. The van der Waals surface area contributed by atoms with Crippen LogP contribution in [0, 0.1) is 0 Å². The van der Waals surface area contributed by atoms with Crippen LogP contribution in [0.15, 0.2) is 40.2 Å². The van der Waals surface area contributed by atoms with E-state index in [0.29, 0.717) is 33.7 Å². The molecule has 8 heteroatoms. The Kier molecular flexibility index (Phi) is 5.08. The molecular formula is C25H28N6O2. The lowest BCUT2D eigenvalue weighted by atomic mass is 9.89. The van der Waals surface area contributed by atoms with Crippen LogP contribution in [0.3, 0.4) is 0 Å². The normalized spacial score (nSPS) is 18.3. The molecule has 1 N–H and O–H groups in total. The third kappa shape index (κ3) is 3.57. The fourth-order valence-corrected chi connectivity index (χ4v) is 5.57. The van der Waals surface area contributed by atoms with Crippen molar-refractivity contribution in [1.82, 2.24) is 29.3 Å². The lowest BCUT2D eigenvalue weighted by Crippen LogP contribution is -2.26. The van der Waals surface area contributed by atoms with Crippen LogP contribution < -0.4 is 11.1 Å². The maximum atomic E-state index is 13.4. The van der Waals surface area contributed by atoms with Gasteiger partial charge in [0, 0.05) is 24.4 Å². The number of hydrogen-bond donors (Lipinski definition) is 1. The lowest BCUT2D eigenvalue weighted by Gasteiger charge is -2.24. The second-order valence-corrected chi connectivity index (χ2v) is 9.52. The highest BCUT2D eigenvalue weighted by Crippen LogP contribution is 2.31. The van der Waals surface area contributed by atoms with E-state index in [0.717, 1.165) is 44.3 Å². The van der Waals surface area contributed by atoms with E-state index >= 15 is 0 Å². The maximum Gasteiger partial charge on any atom is 0.267 e. The summed E-state index contributed by atoms with van der Waals surface area (Å²) < 4.78 is 3.28. The Hall–Kier alpha value is -3.29. The van der Waals surface area contributed by atoms with E-state index < -0.39 is 0 Å². The summed E-state index contributed by atoms with van der Waals surface area (Å²) in [5.74, 6) is 1.57. The zero-order valence-corrected chi connectivity index (χ0v) is 18.7. The Morgan fingerprint density at radius 2 is 1.45 bits per heavy atom. The largest absolute Gasteiger partial charge is 0.312 e. The summed E-state index contributed by atoms with van der Waals surface area (Å²) in [6.07, 6.45) is 15.0. The van der Waals surface area contributed by atoms with Crippen molar-refractivity contribution >= 4 is 21.8 Å². The van der Waals surface area contributed by atoms with Crippen molar-refractivity contribution in [2.45, 2.75) is 76.2 Å². The van der Waals surface area contributed by atoms with Crippen LogP contribution in [-0.2, 0) is 0 Å². The SMILES string of the molecule is O=c1c2cc3c(=O)n(C4CCCCC4)ccc3nc2ccn1-c1n[nH]c(C2CCCCC2)n1. The number of aromatic nitrogens is 6. The molecule has 8 nitrogen and oxygen atoms in total. The van der Waals surface area contributed by atoms with Gasteiger partial charge in [-0.15, -0.1) is 5.10 Å². The first-order valence-electron chi connectivity index (χ1n) is 12.2. The first kappa shape index (κ1) is 20.3. The van der Waals surface area contributed by atoms with Crippen LogP contribution in [-0.4, -0.2) is 29.3 Å². The molecule has 0 radical (unpaired) electrons. The Morgan fingerprint density at radius 1 is 0.788 bits per heavy atom. The summed E-state index contributed by atoms with van der Waals surface area (Å²) >= 11 is 0. The average Bonchev–Trinajstić information content (AvgIpc) is 3.35. The van der Waals surface area contributed by atoms with E-state index in [1.54, 1.807) is 18.3 Å². The van der Waals surface area contributed by atoms with Crippen LogP contribution in [0.25, 0.3) is 27.8 Å². The minimum atomic E-state index is -0.261. The maximum absolute atomic E-state index is 13.4. The molecule has 2 fully saturated rings. The number of rotatable bonds is 3. The summed E-state index contributed by atoms with van der Waals surface area (Å²) in [5.41, 5.74) is 0.862. The Balaban J connectivity index is 1.43. The van der Waals surface area contributed by atoms with Gasteiger partial charge in [-0.05, 0) is 43.9 Å². The molecular weight excluding hydrogens is 416 g/mol. The Bertz CT molecular complexity index is 1440. The van der Waals surface area contributed by atoms with E-state index in [2.05, 4.69) is 20.2 Å². The number of nitrogens with one attached hydrogen (secondary N) is 1. The number of nitrogens with zero attached hydrogens (tertiary/aromatic N) is 5. The number of pyridine rings is 3.